The van der Waals surface area contributed by atoms with Crippen molar-refractivity contribution in [2.45, 2.75) is 30.7 Å². The smallest absolute Gasteiger partial charge is 0.340 e. The number of esters is 4. The maximum absolute atomic E-state index is 13.4. The molecule has 5 rings (SSSR count). The van der Waals surface area contributed by atoms with E-state index in [2.05, 4.69) is 0 Å². The van der Waals surface area contributed by atoms with E-state index in [9.17, 15) is 85.6 Å². The second-order valence-electron chi connectivity index (χ2n) is 11.7. The van der Waals surface area contributed by atoms with Gasteiger partial charge in [0.2, 0.25) is 12.4 Å². The van der Waals surface area contributed by atoms with Gasteiger partial charge in [0.25, 0.3) is 0 Å². The summed E-state index contributed by atoms with van der Waals surface area (Å²) >= 11 is 0. The fourth-order valence-electron chi connectivity index (χ4n) is 5.07. The molecule has 1 aliphatic heterocycles. The molecule has 0 spiro atoms. The number of aliphatic hydroxyl groups is 1. The van der Waals surface area contributed by atoms with Crippen molar-refractivity contribution in [1.82, 2.24) is 0 Å². The highest BCUT2D eigenvalue weighted by Gasteiger charge is 2.52. The van der Waals surface area contributed by atoms with E-state index >= 15 is 0 Å². The van der Waals surface area contributed by atoms with Gasteiger partial charge in [0.1, 0.15) is 18.8 Å². The van der Waals surface area contributed by atoms with Crippen LogP contribution in [0, 0.1) is 0 Å². The molecule has 0 radical (unpaired) electrons. The first-order valence-corrected chi connectivity index (χ1v) is 15.4. The minimum Gasteiger partial charge on any atom is -0.504 e. The molecule has 1 saturated heterocycles. The Labute approximate surface area is 310 Å². The molecule has 1 fully saturated rings. The Hall–Kier alpha value is -7.72. The summed E-state index contributed by atoms with van der Waals surface area (Å²) in [5.41, 5.74) is -2.65. The van der Waals surface area contributed by atoms with E-state index in [0.717, 1.165) is 0 Å². The van der Waals surface area contributed by atoms with Crippen molar-refractivity contribution in [1.29, 1.82) is 0 Å². The van der Waals surface area contributed by atoms with Crippen molar-refractivity contribution in [2.24, 2.45) is 0 Å². The number of hydrogen-bond donors (Lipinski definition) is 13. The van der Waals surface area contributed by atoms with E-state index < -0.39 is 152 Å². The second kappa shape index (κ2) is 15.3. The van der Waals surface area contributed by atoms with Crippen LogP contribution in [0.1, 0.15) is 41.4 Å². The highest BCUT2D eigenvalue weighted by molar-refractivity contribution is 5.93. The summed E-state index contributed by atoms with van der Waals surface area (Å²) in [5, 5.41) is 129. The molecule has 0 aliphatic carbocycles. The van der Waals surface area contributed by atoms with Crippen LogP contribution in [0.5, 0.6) is 69.0 Å². The van der Waals surface area contributed by atoms with Crippen LogP contribution < -0.4 is 0 Å². The fourth-order valence-corrected chi connectivity index (χ4v) is 5.07. The maximum atomic E-state index is 13.4. The van der Waals surface area contributed by atoms with Crippen LogP contribution >= 0.6 is 0 Å². The number of aliphatic hydroxyl groups excluding tert-OH is 1. The molecule has 0 aromatic heterocycles. The Balaban J connectivity index is 1.55. The van der Waals surface area contributed by atoms with E-state index in [-0.39, 0.29) is 0 Å². The Morgan fingerprint density at radius 1 is 0.446 bits per heavy atom. The molecule has 296 valence electrons. The summed E-state index contributed by atoms with van der Waals surface area (Å²) in [6.45, 7) is -1.06. The third-order valence-corrected chi connectivity index (χ3v) is 7.93. The van der Waals surface area contributed by atoms with Gasteiger partial charge in [-0.1, -0.05) is 0 Å². The van der Waals surface area contributed by atoms with E-state index in [4.69, 9.17) is 23.7 Å². The normalized spacial score (nSPS) is 19.1. The van der Waals surface area contributed by atoms with Crippen molar-refractivity contribution >= 4 is 23.9 Å². The summed E-state index contributed by atoms with van der Waals surface area (Å²) < 4.78 is 26.7. The molecular formula is C34H28O22. The predicted octanol–water partition coefficient (Wildman–Crippen LogP) is 0.705. The van der Waals surface area contributed by atoms with Crippen molar-refractivity contribution < 1.29 is 109 Å². The standard InChI is InChI=1S/C34H28O22/c35-14-1-10(2-15(36)23(14)43)30(48)52-9-22-27(47)28(54-31(49)11-3-16(37)24(44)17(38)4-11)29(55-32(50)12-5-18(39)25(45)19(40)6-12)34(53-22)56-33(51)13-7-20(41)26(46)21(42)8-13/h1-8,22,27-29,34-47H,9H2/t22-,27+,28+,29-,34+/m1/s1. The molecule has 5 atom stereocenters. The van der Waals surface area contributed by atoms with Gasteiger partial charge in [-0.3, -0.25) is 0 Å². The van der Waals surface area contributed by atoms with Crippen LogP contribution in [0.2, 0.25) is 0 Å². The Kier molecular flexibility index (Phi) is 10.8. The Morgan fingerprint density at radius 2 is 0.732 bits per heavy atom. The average molecular weight is 789 g/mol. The van der Waals surface area contributed by atoms with Crippen LogP contribution in [-0.4, -0.2) is 128 Å². The van der Waals surface area contributed by atoms with Gasteiger partial charge >= 0.3 is 23.9 Å². The van der Waals surface area contributed by atoms with E-state index in [1.807, 2.05) is 0 Å². The van der Waals surface area contributed by atoms with Crippen LogP contribution in [-0.2, 0) is 23.7 Å². The highest BCUT2D eigenvalue weighted by Crippen LogP contribution is 2.40. The summed E-state index contributed by atoms with van der Waals surface area (Å²) in [4.78, 5) is 52.9. The lowest BCUT2D eigenvalue weighted by Crippen LogP contribution is -2.62. The topological polar surface area (TPSA) is 377 Å². The molecule has 1 heterocycles. The zero-order chi connectivity index (χ0) is 41.3. The van der Waals surface area contributed by atoms with E-state index in [1.54, 1.807) is 0 Å². The van der Waals surface area contributed by atoms with Gasteiger partial charge in [0.15, 0.2) is 75.1 Å². The molecule has 4 aromatic rings. The highest BCUT2D eigenvalue weighted by atomic mass is 16.7. The average Bonchev–Trinajstić information content (AvgIpc) is 3.14. The van der Waals surface area contributed by atoms with Crippen LogP contribution in [0.3, 0.4) is 0 Å². The van der Waals surface area contributed by atoms with E-state index in [1.165, 1.54) is 0 Å². The molecule has 13 N–H and O–H groups in total. The molecular weight excluding hydrogens is 760 g/mol. The van der Waals surface area contributed by atoms with E-state index in [0.29, 0.717) is 48.5 Å². The molecule has 56 heavy (non-hydrogen) atoms. The Morgan fingerprint density at radius 3 is 1.07 bits per heavy atom. The van der Waals surface area contributed by atoms with Crippen molar-refractivity contribution in [3.63, 3.8) is 0 Å². The lowest BCUT2D eigenvalue weighted by atomic mass is 9.98. The quantitative estimate of drug-likeness (QED) is 0.0630. The minimum absolute atomic E-state index is 0.555. The van der Waals surface area contributed by atoms with Gasteiger partial charge in [-0.15, -0.1) is 0 Å². The number of phenolic OH excluding ortho intramolecular Hbond substituents is 12. The molecule has 1 aliphatic rings. The van der Waals surface area contributed by atoms with Crippen molar-refractivity contribution in [3.05, 3.63) is 70.8 Å². The maximum Gasteiger partial charge on any atom is 0.340 e. The van der Waals surface area contributed by atoms with Gasteiger partial charge in [-0.25, -0.2) is 19.2 Å². The van der Waals surface area contributed by atoms with Gasteiger partial charge in [0, 0.05) is 0 Å². The summed E-state index contributed by atoms with van der Waals surface area (Å²) in [7, 11) is 0. The third kappa shape index (κ3) is 7.95. The first kappa shape index (κ1) is 39.5. The monoisotopic (exact) mass is 788 g/mol. The minimum atomic E-state index is -2.36. The largest absolute Gasteiger partial charge is 0.504 e. The van der Waals surface area contributed by atoms with Gasteiger partial charge in [-0.2, -0.15) is 0 Å². The molecule has 0 unspecified atom stereocenters. The number of aromatic hydroxyl groups is 12. The SMILES string of the molecule is O=C(OC[C@H]1O[C@@H](OC(=O)c2cc(O)c(O)c(O)c2)[C@H](OC(=O)c2cc(O)c(O)c(O)c2)[C@@H](OC(=O)c2cc(O)c(O)c(O)c2)[C@H]1O)c1cc(O)c(O)c(O)c1. The lowest BCUT2D eigenvalue weighted by Gasteiger charge is -2.42. The lowest BCUT2D eigenvalue weighted by molar-refractivity contribution is -0.283. The number of hydrogen-bond acceptors (Lipinski definition) is 22. The molecule has 0 amide bonds. The zero-order valence-corrected chi connectivity index (χ0v) is 27.7. The summed E-state index contributed by atoms with van der Waals surface area (Å²) in [5.74, 6) is -18.1. The van der Waals surface area contributed by atoms with Crippen molar-refractivity contribution in [3.8, 4) is 69.0 Å². The second-order valence-corrected chi connectivity index (χ2v) is 11.7. The fraction of sp³-hybridized carbons (Fsp3) is 0.176. The predicted molar refractivity (Wildman–Crippen MR) is 175 cm³/mol. The number of ether oxygens (including phenoxy) is 5. The molecule has 0 saturated carbocycles. The summed E-state index contributed by atoms with van der Waals surface area (Å²) in [6, 6.07) is 5.01. The van der Waals surface area contributed by atoms with Crippen molar-refractivity contribution in [2.75, 3.05) is 6.61 Å². The molecule has 22 nitrogen and oxygen atoms in total. The molecule has 4 aromatic carbocycles. The first-order chi connectivity index (χ1) is 26.3. The third-order valence-electron chi connectivity index (χ3n) is 7.93. The number of carbonyl (C=O) groups excluding carboxylic acids is 4. The van der Waals surface area contributed by atoms with Gasteiger partial charge < -0.3 is 90.1 Å². The molecule has 0 bridgehead atoms. The van der Waals surface area contributed by atoms with Crippen LogP contribution in [0.4, 0.5) is 0 Å². The zero-order valence-electron chi connectivity index (χ0n) is 27.7. The first-order valence-electron chi connectivity index (χ1n) is 15.4. The number of benzene rings is 4. The summed E-state index contributed by atoms with van der Waals surface area (Å²) in [6.07, 6.45) is -11.2. The Bertz CT molecular complexity index is 2140. The number of rotatable bonds is 9. The number of carbonyl (C=O) groups is 4. The van der Waals surface area contributed by atoms with Gasteiger partial charge in [0.05, 0.1) is 22.3 Å². The van der Waals surface area contributed by atoms with Crippen LogP contribution in [0.25, 0.3) is 0 Å². The van der Waals surface area contributed by atoms with Gasteiger partial charge in [-0.05, 0) is 48.5 Å². The molecule has 22 heteroatoms. The van der Waals surface area contributed by atoms with Crippen LogP contribution in [0.15, 0.2) is 48.5 Å². The number of phenols is 12.